The number of amides is 1. The van der Waals surface area contributed by atoms with Crippen molar-refractivity contribution in [2.24, 2.45) is 0 Å². The van der Waals surface area contributed by atoms with Gasteiger partial charge in [0, 0.05) is 12.7 Å². The Balaban J connectivity index is 1.50. The molecule has 0 radical (unpaired) electrons. The second-order valence-electron chi connectivity index (χ2n) is 7.69. The van der Waals surface area contributed by atoms with Crippen LogP contribution in [0.15, 0.2) is 58.9 Å². The summed E-state index contributed by atoms with van der Waals surface area (Å²) in [5.74, 6) is 1.44. The number of pyridine rings is 1. The molecule has 8 nitrogen and oxygen atoms in total. The topological polar surface area (TPSA) is 85.2 Å². The highest BCUT2D eigenvalue weighted by Gasteiger charge is 2.33. The number of hydrogen-bond acceptors (Lipinski definition) is 8. The highest BCUT2D eigenvalue weighted by molar-refractivity contribution is 8.26. The number of anilines is 1. The summed E-state index contributed by atoms with van der Waals surface area (Å²) in [5, 5.41) is 3.12. The largest absolute Gasteiger partial charge is 0.454 e. The highest BCUT2D eigenvalue weighted by atomic mass is 32.2. The van der Waals surface area contributed by atoms with Crippen molar-refractivity contribution in [1.82, 2.24) is 14.3 Å². The van der Waals surface area contributed by atoms with Gasteiger partial charge in [-0.2, -0.15) is 0 Å². The molecule has 1 aromatic carbocycles. The summed E-state index contributed by atoms with van der Waals surface area (Å²) < 4.78 is 12.7. The van der Waals surface area contributed by atoms with E-state index in [0.29, 0.717) is 38.7 Å². The summed E-state index contributed by atoms with van der Waals surface area (Å²) in [4.78, 5) is 33.1. The maximum Gasteiger partial charge on any atom is 0.267 e. The minimum atomic E-state index is -0.277. The van der Waals surface area contributed by atoms with Crippen molar-refractivity contribution in [3.63, 3.8) is 0 Å². The third-order valence-corrected chi connectivity index (χ3v) is 6.80. The van der Waals surface area contributed by atoms with Gasteiger partial charge in [0.25, 0.3) is 11.5 Å². The first-order chi connectivity index (χ1) is 16.5. The van der Waals surface area contributed by atoms with Crippen LogP contribution in [-0.2, 0) is 11.3 Å². The molecule has 34 heavy (non-hydrogen) atoms. The van der Waals surface area contributed by atoms with Crippen LogP contribution >= 0.6 is 24.0 Å². The summed E-state index contributed by atoms with van der Waals surface area (Å²) >= 11 is 6.64. The summed E-state index contributed by atoms with van der Waals surface area (Å²) in [5.41, 5.74) is 2.28. The van der Waals surface area contributed by atoms with E-state index in [1.807, 2.05) is 31.2 Å². The zero-order valence-corrected chi connectivity index (χ0v) is 19.9. The number of nitrogens with one attached hydrogen (secondary N) is 1. The minimum absolute atomic E-state index is 0.180. The molecule has 1 N–H and O–H groups in total. The lowest BCUT2D eigenvalue weighted by Gasteiger charge is -2.15. The van der Waals surface area contributed by atoms with Gasteiger partial charge >= 0.3 is 0 Å². The number of thiocarbonyl (C=S) groups is 1. The molecule has 172 valence electrons. The predicted octanol–water partition coefficient (Wildman–Crippen LogP) is 3.73. The fourth-order valence-electron chi connectivity index (χ4n) is 3.73. The summed E-state index contributed by atoms with van der Waals surface area (Å²) in [6, 6.07) is 9.20. The zero-order valence-electron chi connectivity index (χ0n) is 18.2. The molecular formula is C24H20N4O4S2. The molecule has 0 unspecified atom stereocenters. The van der Waals surface area contributed by atoms with E-state index in [1.54, 1.807) is 24.4 Å². The number of aromatic nitrogens is 2. The monoisotopic (exact) mass is 492 g/mol. The summed E-state index contributed by atoms with van der Waals surface area (Å²) in [6.45, 7) is 6.49. The van der Waals surface area contributed by atoms with Gasteiger partial charge in [0.1, 0.15) is 15.8 Å². The smallest absolute Gasteiger partial charge is 0.267 e. The molecule has 5 rings (SSSR count). The second kappa shape index (κ2) is 8.96. The number of nitrogens with zero attached hydrogens (tertiary/aromatic N) is 3. The van der Waals surface area contributed by atoms with E-state index < -0.39 is 0 Å². The van der Waals surface area contributed by atoms with E-state index in [0.717, 1.165) is 22.9 Å². The highest BCUT2D eigenvalue weighted by Crippen LogP contribution is 2.36. The number of fused-ring (bicyclic) bond motifs is 2. The van der Waals surface area contributed by atoms with E-state index in [1.165, 1.54) is 9.30 Å². The van der Waals surface area contributed by atoms with Crippen LogP contribution in [0.25, 0.3) is 11.7 Å². The Morgan fingerprint density at radius 3 is 2.91 bits per heavy atom. The third kappa shape index (κ3) is 3.95. The van der Waals surface area contributed by atoms with Crippen molar-refractivity contribution in [2.75, 3.05) is 18.7 Å². The zero-order chi connectivity index (χ0) is 23.8. The Hall–Kier alpha value is -3.63. The van der Waals surface area contributed by atoms with Crippen LogP contribution in [-0.4, -0.2) is 37.8 Å². The molecule has 2 aromatic heterocycles. The fraction of sp³-hybridized carbons (Fsp3) is 0.167. The standard InChI is InChI=1S/C24H20N4O4S2/c1-3-8-25-20-16(22(29)27-9-4-5-14(2)21(27)26-20)11-19-23(30)28(24(33)34-19)12-15-6-7-17-18(10-15)32-13-31-17/h3-7,9-11,25H,1,8,12-13H2,2H3. The van der Waals surface area contributed by atoms with Crippen LogP contribution in [0.1, 0.15) is 16.7 Å². The Morgan fingerprint density at radius 1 is 1.26 bits per heavy atom. The van der Waals surface area contributed by atoms with E-state index in [-0.39, 0.29) is 30.4 Å². The van der Waals surface area contributed by atoms with Crippen molar-refractivity contribution < 1.29 is 14.3 Å². The molecule has 3 aromatic rings. The summed E-state index contributed by atoms with van der Waals surface area (Å²) in [6.07, 6.45) is 4.90. The molecule has 0 saturated carbocycles. The first kappa shape index (κ1) is 22.2. The van der Waals surface area contributed by atoms with Crippen molar-refractivity contribution in [3.05, 3.63) is 81.1 Å². The van der Waals surface area contributed by atoms with Gasteiger partial charge in [0.2, 0.25) is 6.79 Å². The van der Waals surface area contributed by atoms with Crippen LogP contribution in [0.2, 0.25) is 0 Å². The molecule has 10 heteroatoms. The maximum absolute atomic E-state index is 13.3. The van der Waals surface area contributed by atoms with Gasteiger partial charge in [0.05, 0.1) is 17.0 Å². The lowest BCUT2D eigenvalue weighted by molar-refractivity contribution is -0.122. The number of benzene rings is 1. The SMILES string of the molecule is C=CCNc1nc2c(C)cccn2c(=O)c1C=C1SC(=S)N(Cc2ccc3c(c2)OCO3)C1=O. The molecule has 0 spiro atoms. The molecule has 0 atom stereocenters. The van der Waals surface area contributed by atoms with Crippen molar-refractivity contribution in [2.45, 2.75) is 13.5 Å². The van der Waals surface area contributed by atoms with Crippen LogP contribution in [0.4, 0.5) is 5.82 Å². The van der Waals surface area contributed by atoms with Gasteiger partial charge in [-0.25, -0.2) is 4.98 Å². The Bertz CT molecular complexity index is 1450. The molecule has 1 amide bonds. The minimum Gasteiger partial charge on any atom is -0.454 e. The van der Waals surface area contributed by atoms with Crippen molar-refractivity contribution in [3.8, 4) is 11.5 Å². The van der Waals surface area contributed by atoms with Crippen molar-refractivity contribution in [1.29, 1.82) is 0 Å². The molecule has 1 saturated heterocycles. The fourth-order valence-corrected chi connectivity index (χ4v) is 4.97. The number of thioether (sulfide) groups is 1. The first-order valence-electron chi connectivity index (χ1n) is 10.5. The molecule has 1 fully saturated rings. The number of ether oxygens (including phenoxy) is 2. The van der Waals surface area contributed by atoms with E-state index in [4.69, 9.17) is 21.7 Å². The number of aryl methyl sites for hydroxylation is 1. The average Bonchev–Trinajstić information content (AvgIpc) is 3.40. The Kier molecular flexibility index (Phi) is 5.84. The number of rotatable bonds is 6. The average molecular weight is 493 g/mol. The predicted molar refractivity (Wildman–Crippen MR) is 136 cm³/mol. The molecule has 0 aliphatic carbocycles. The van der Waals surface area contributed by atoms with Gasteiger partial charge in [-0.05, 0) is 42.3 Å². The van der Waals surface area contributed by atoms with Gasteiger partial charge in [0.15, 0.2) is 11.5 Å². The lowest BCUT2D eigenvalue weighted by Crippen LogP contribution is -2.27. The molecule has 4 heterocycles. The Morgan fingerprint density at radius 2 is 2.09 bits per heavy atom. The molecule has 0 bridgehead atoms. The summed E-state index contributed by atoms with van der Waals surface area (Å²) in [7, 11) is 0. The van der Waals surface area contributed by atoms with Gasteiger partial charge in [-0.1, -0.05) is 42.2 Å². The normalized spacial score (nSPS) is 16.0. The number of hydrogen-bond donors (Lipinski definition) is 1. The Labute approximate surface area is 204 Å². The number of carbonyl (C=O) groups is 1. The van der Waals surface area contributed by atoms with Gasteiger partial charge in [-0.3, -0.25) is 18.9 Å². The van der Waals surface area contributed by atoms with Gasteiger partial charge in [-0.15, -0.1) is 6.58 Å². The first-order valence-corrected chi connectivity index (χ1v) is 11.7. The lowest BCUT2D eigenvalue weighted by atomic mass is 10.2. The molecule has 2 aliphatic heterocycles. The van der Waals surface area contributed by atoms with Crippen molar-refractivity contribution >= 4 is 51.7 Å². The van der Waals surface area contributed by atoms with Crippen LogP contribution in [0, 0.1) is 6.92 Å². The molecular weight excluding hydrogens is 472 g/mol. The van der Waals surface area contributed by atoms with E-state index in [9.17, 15) is 9.59 Å². The van der Waals surface area contributed by atoms with Gasteiger partial charge < -0.3 is 14.8 Å². The van der Waals surface area contributed by atoms with E-state index in [2.05, 4.69) is 16.9 Å². The van der Waals surface area contributed by atoms with E-state index >= 15 is 0 Å². The second-order valence-corrected chi connectivity index (χ2v) is 9.36. The maximum atomic E-state index is 13.3. The van der Waals surface area contributed by atoms with Crippen LogP contribution in [0.5, 0.6) is 11.5 Å². The third-order valence-electron chi connectivity index (χ3n) is 5.42. The number of carbonyl (C=O) groups excluding carboxylic acids is 1. The quantitative estimate of drug-likeness (QED) is 0.317. The molecule has 2 aliphatic rings. The van der Waals surface area contributed by atoms with Crippen LogP contribution in [0.3, 0.4) is 0 Å². The van der Waals surface area contributed by atoms with Crippen LogP contribution < -0.4 is 20.3 Å².